The lowest BCUT2D eigenvalue weighted by atomic mass is 10.0. The number of sulfonamides is 1. The van der Waals surface area contributed by atoms with E-state index in [1.807, 2.05) is 0 Å². The first-order valence-corrected chi connectivity index (χ1v) is 9.18. The fraction of sp³-hybridized carbons (Fsp3) is 0.636. The van der Waals surface area contributed by atoms with Gasteiger partial charge in [0.25, 0.3) is 0 Å². The second kappa shape index (κ2) is 6.64. The van der Waals surface area contributed by atoms with Gasteiger partial charge < -0.3 is 10.5 Å². The molecule has 0 bridgehead atoms. The van der Waals surface area contributed by atoms with E-state index >= 15 is 0 Å². The van der Waals surface area contributed by atoms with E-state index in [1.54, 1.807) is 6.07 Å². The highest BCUT2D eigenvalue weighted by Gasteiger charge is 2.22. The molecule has 0 unspecified atom stereocenters. The molecule has 0 aromatic carbocycles. The summed E-state index contributed by atoms with van der Waals surface area (Å²) >= 11 is 4.64. The van der Waals surface area contributed by atoms with E-state index in [1.165, 1.54) is 11.3 Å². The number of hydrogen-bond acceptors (Lipinski definition) is 5. The Hall–Kier alpha value is 0.01000. The molecule has 1 saturated heterocycles. The quantitative estimate of drug-likeness (QED) is 0.828. The van der Waals surface area contributed by atoms with Gasteiger partial charge in [-0.25, -0.2) is 13.1 Å². The van der Waals surface area contributed by atoms with Crippen molar-refractivity contribution >= 4 is 37.3 Å². The highest BCUT2D eigenvalue weighted by atomic mass is 79.9. The van der Waals surface area contributed by atoms with E-state index < -0.39 is 10.0 Å². The number of nitrogens with two attached hydrogens (primary N) is 1. The molecule has 1 aliphatic rings. The molecule has 0 spiro atoms. The van der Waals surface area contributed by atoms with Crippen LogP contribution >= 0.6 is 27.3 Å². The SMILES string of the molecule is NCc1cc(S(=O)(=O)NCC2CCOCC2)c(Br)s1. The van der Waals surface area contributed by atoms with E-state index in [9.17, 15) is 8.42 Å². The monoisotopic (exact) mass is 368 g/mol. The van der Waals surface area contributed by atoms with Crippen molar-refractivity contribution in [3.63, 3.8) is 0 Å². The molecule has 2 heterocycles. The van der Waals surface area contributed by atoms with Gasteiger partial charge in [0.15, 0.2) is 0 Å². The smallest absolute Gasteiger partial charge is 0.242 e. The van der Waals surface area contributed by atoms with Crippen LogP contribution in [0.15, 0.2) is 14.7 Å². The van der Waals surface area contributed by atoms with Crippen LogP contribution in [0.2, 0.25) is 0 Å². The normalized spacial score (nSPS) is 17.8. The van der Waals surface area contributed by atoms with Crippen molar-refractivity contribution in [1.29, 1.82) is 0 Å². The molecular formula is C11H17BrN2O3S2. The first-order chi connectivity index (χ1) is 9.03. The molecule has 0 amide bonds. The molecule has 0 aliphatic carbocycles. The molecule has 1 aromatic rings. The topological polar surface area (TPSA) is 81.4 Å². The van der Waals surface area contributed by atoms with E-state index in [0.717, 1.165) is 17.7 Å². The van der Waals surface area contributed by atoms with Crippen molar-refractivity contribution in [2.24, 2.45) is 11.7 Å². The molecular weight excluding hydrogens is 352 g/mol. The van der Waals surface area contributed by atoms with Crippen molar-refractivity contribution < 1.29 is 13.2 Å². The summed E-state index contributed by atoms with van der Waals surface area (Å²) in [4.78, 5) is 1.13. The average Bonchev–Trinajstić information content (AvgIpc) is 2.80. The third-order valence-corrected chi connectivity index (χ3v) is 6.80. The predicted molar refractivity (Wildman–Crippen MR) is 78.6 cm³/mol. The van der Waals surface area contributed by atoms with Gasteiger partial charge in [-0.15, -0.1) is 11.3 Å². The maximum atomic E-state index is 12.2. The Kier molecular flexibility index (Phi) is 5.38. The second-order valence-electron chi connectivity index (χ2n) is 4.46. The molecule has 0 saturated carbocycles. The lowest BCUT2D eigenvalue weighted by Crippen LogP contribution is -2.32. The summed E-state index contributed by atoms with van der Waals surface area (Å²) in [6, 6.07) is 1.63. The Balaban J connectivity index is 2.02. The molecule has 5 nitrogen and oxygen atoms in total. The molecule has 1 fully saturated rings. The number of hydrogen-bond donors (Lipinski definition) is 2. The van der Waals surface area contributed by atoms with Gasteiger partial charge in [0, 0.05) is 31.2 Å². The molecule has 1 aromatic heterocycles. The third kappa shape index (κ3) is 3.99. The molecule has 0 atom stereocenters. The van der Waals surface area contributed by atoms with Gasteiger partial charge in [0.05, 0.1) is 3.79 Å². The Morgan fingerprint density at radius 1 is 1.47 bits per heavy atom. The van der Waals surface area contributed by atoms with Gasteiger partial charge in [-0.05, 0) is 40.8 Å². The van der Waals surface area contributed by atoms with Crippen molar-refractivity contribution in [1.82, 2.24) is 4.72 Å². The Labute approximate surface area is 125 Å². The highest BCUT2D eigenvalue weighted by molar-refractivity contribution is 9.11. The minimum Gasteiger partial charge on any atom is -0.381 e. The van der Waals surface area contributed by atoms with Crippen molar-refractivity contribution in [3.8, 4) is 0 Å². The lowest BCUT2D eigenvalue weighted by molar-refractivity contribution is 0.0678. The molecule has 2 rings (SSSR count). The fourth-order valence-corrected chi connectivity index (χ4v) is 5.61. The molecule has 3 N–H and O–H groups in total. The van der Waals surface area contributed by atoms with E-state index in [-0.39, 0.29) is 4.90 Å². The summed E-state index contributed by atoms with van der Waals surface area (Å²) in [5.41, 5.74) is 5.53. The lowest BCUT2D eigenvalue weighted by Gasteiger charge is -2.22. The van der Waals surface area contributed by atoms with Crippen molar-refractivity contribution in [2.75, 3.05) is 19.8 Å². The van der Waals surface area contributed by atoms with Crippen LogP contribution < -0.4 is 10.5 Å². The molecule has 1 aliphatic heterocycles. The fourth-order valence-electron chi connectivity index (χ4n) is 1.94. The van der Waals surface area contributed by atoms with Gasteiger partial charge in [0.2, 0.25) is 10.0 Å². The Bertz CT molecular complexity index is 524. The summed E-state index contributed by atoms with van der Waals surface area (Å²) in [5.74, 6) is 0.356. The van der Waals surface area contributed by atoms with E-state index in [4.69, 9.17) is 10.5 Å². The number of halogens is 1. The maximum Gasteiger partial charge on any atom is 0.242 e. The summed E-state index contributed by atoms with van der Waals surface area (Å²) in [5, 5.41) is 0. The first-order valence-electron chi connectivity index (χ1n) is 6.08. The van der Waals surface area contributed by atoms with Crippen LogP contribution in [-0.4, -0.2) is 28.2 Å². The number of thiophene rings is 1. The summed E-state index contributed by atoms with van der Waals surface area (Å²) in [6.07, 6.45) is 1.81. The van der Waals surface area contributed by atoms with Gasteiger partial charge in [-0.2, -0.15) is 0 Å². The van der Waals surface area contributed by atoms with E-state index in [2.05, 4.69) is 20.7 Å². The first kappa shape index (κ1) is 15.4. The Morgan fingerprint density at radius 3 is 2.74 bits per heavy atom. The van der Waals surface area contributed by atoms with Crippen molar-refractivity contribution in [2.45, 2.75) is 24.3 Å². The van der Waals surface area contributed by atoms with Crippen LogP contribution in [0.25, 0.3) is 0 Å². The molecule has 0 radical (unpaired) electrons. The van der Waals surface area contributed by atoms with Crippen LogP contribution in [0.5, 0.6) is 0 Å². The van der Waals surface area contributed by atoms with Crippen LogP contribution in [0, 0.1) is 5.92 Å². The average molecular weight is 369 g/mol. The molecule has 19 heavy (non-hydrogen) atoms. The predicted octanol–water partition coefficient (Wildman–Crippen LogP) is 1.67. The van der Waals surface area contributed by atoms with Gasteiger partial charge in [-0.3, -0.25) is 0 Å². The highest BCUT2D eigenvalue weighted by Crippen LogP contribution is 2.31. The number of rotatable bonds is 5. The number of nitrogens with one attached hydrogen (secondary N) is 1. The zero-order valence-corrected chi connectivity index (χ0v) is 13.6. The third-order valence-electron chi connectivity index (χ3n) is 3.10. The van der Waals surface area contributed by atoms with Gasteiger partial charge in [0.1, 0.15) is 4.90 Å². The minimum atomic E-state index is -3.46. The van der Waals surface area contributed by atoms with Gasteiger partial charge in [-0.1, -0.05) is 0 Å². The zero-order chi connectivity index (χ0) is 13.9. The second-order valence-corrected chi connectivity index (χ2v) is 8.65. The zero-order valence-electron chi connectivity index (χ0n) is 10.4. The van der Waals surface area contributed by atoms with Crippen LogP contribution in [0.4, 0.5) is 0 Å². The van der Waals surface area contributed by atoms with Crippen LogP contribution in [-0.2, 0) is 21.3 Å². The summed E-state index contributed by atoms with van der Waals surface area (Å²) < 4.78 is 33.0. The Morgan fingerprint density at radius 2 is 2.16 bits per heavy atom. The minimum absolute atomic E-state index is 0.282. The number of ether oxygens (including phenoxy) is 1. The standard InChI is InChI=1S/C11H17BrN2O3S2/c12-11-10(5-9(6-13)18-11)19(15,16)14-7-8-1-3-17-4-2-8/h5,8,14H,1-4,6-7,13H2. The molecule has 8 heteroatoms. The van der Waals surface area contributed by atoms with Crippen LogP contribution in [0.1, 0.15) is 17.7 Å². The van der Waals surface area contributed by atoms with E-state index in [0.29, 0.717) is 36.0 Å². The summed E-state index contributed by atoms with van der Waals surface area (Å²) in [7, 11) is -3.46. The van der Waals surface area contributed by atoms with Gasteiger partial charge >= 0.3 is 0 Å². The summed E-state index contributed by atoms with van der Waals surface area (Å²) in [6.45, 7) is 2.24. The van der Waals surface area contributed by atoms with Crippen LogP contribution in [0.3, 0.4) is 0 Å². The largest absolute Gasteiger partial charge is 0.381 e. The van der Waals surface area contributed by atoms with Crippen molar-refractivity contribution in [3.05, 3.63) is 14.7 Å². The molecule has 108 valence electrons. The maximum absolute atomic E-state index is 12.2.